The van der Waals surface area contributed by atoms with Crippen LogP contribution in [0.2, 0.25) is 0 Å². The lowest BCUT2D eigenvalue weighted by Crippen LogP contribution is -2.36. The molecule has 120 valence electrons. The van der Waals surface area contributed by atoms with Crippen molar-refractivity contribution in [3.05, 3.63) is 38.7 Å². The number of rotatable bonds is 0. The van der Waals surface area contributed by atoms with Crippen LogP contribution in [0.3, 0.4) is 0 Å². The SMILES string of the molecule is Cc1c2c(cc3c4c(c(=O)oc13)CCCC4)C(=O)CC(C)(C)O2. The molecule has 23 heavy (non-hydrogen) atoms. The van der Waals surface area contributed by atoms with Gasteiger partial charge in [-0.05, 0) is 58.1 Å². The average molecular weight is 312 g/mol. The van der Waals surface area contributed by atoms with Gasteiger partial charge in [-0.25, -0.2) is 4.79 Å². The Bertz CT molecular complexity index is 902. The van der Waals surface area contributed by atoms with E-state index in [0.29, 0.717) is 23.3 Å². The first-order chi connectivity index (χ1) is 10.9. The van der Waals surface area contributed by atoms with E-state index in [0.717, 1.165) is 47.8 Å². The predicted molar refractivity (Wildman–Crippen MR) is 87.5 cm³/mol. The van der Waals surface area contributed by atoms with Gasteiger partial charge < -0.3 is 9.15 Å². The number of fused-ring (bicyclic) bond motifs is 4. The highest BCUT2D eigenvalue weighted by Gasteiger charge is 2.35. The summed E-state index contributed by atoms with van der Waals surface area (Å²) in [7, 11) is 0. The van der Waals surface area contributed by atoms with Crippen molar-refractivity contribution in [1.29, 1.82) is 0 Å². The largest absolute Gasteiger partial charge is 0.486 e. The van der Waals surface area contributed by atoms with Gasteiger partial charge in [0.25, 0.3) is 0 Å². The highest BCUT2D eigenvalue weighted by atomic mass is 16.5. The number of ketones is 1. The molecule has 0 unspecified atom stereocenters. The molecule has 1 aliphatic carbocycles. The van der Waals surface area contributed by atoms with Gasteiger partial charge in [0.05, 0.1) is 12.0 Å². The molecule has 1 aromatic heterocycles. The molecule has 0 bridgehead atoms. The van der Waals surface area contributed by atoms with E-state index in [1.807, 2.05) is 26.8 Å². The third-order valence-electron chi connectivity index (χ3n) is 4.96. The van der Waals surface area contributed by atoms with Gasteiger partial charge in [0, 0.05) is 16.5 Å². The molecule has 0 atom stereocenters. The third-order valence-corrected chi connectivity index (χ3v) is 4.96. The monoisotopic (exact) mass is 312 g/mol. The quantitative estimate of drug-likeness (QED) is 0.696. The second-order valence-electron chi connectivity index (χ2n) is 7.27. The van der Waals surface area contributed by atoms with E-state index < -0.39 is 5.60 Å². The third kappa shape index (κ3) is 2.12. The Morgan fingerprint density at radius 2 is 1.78 bits per heavy atom. The molecule has 1 aliphatic heterocycles. The van der Waals surface area contributed by atoms with E-state index in [2.05, 4.69) is 0 Å². The topological polar surface area (TPSA) is 56.5 Å². The second kappa shape index (κ2) is 4.70. The smallest absolute Gasteiger partial charge is 0.339 e. The summed E-state index contributed by atoms with van der Waals surface area (Å²) in [5.41, 5.74) is 3.02. The Morgan fingerprint density at radius 1 is 1.09 bits per heavy atom. The van der Waals surface area contributed by atoms with E-state index in [1.54, 1.807) is 0 Å². The predicted octanol–water partition coefficient (Wildman–Crippen LogP) is 3.72. The molecular weight excluding hydrogens is 292 g/mol. The number of Topliss-reactive ketones (excluding diaryl/α,β-unsaturated/α-hetero) is 1. The van der Waals surface area contributed by atoms with Crippen LogP contribution in [0.4, 0.5) is 0 Å². The van der Waals surface area contributed by atoms with Gasteiger partial charge in [0.2, 0.25) is 0 Å². The Hall–Kier alpha value is -2.10. The lowest BCUT2D eigenvalue weighted by atomic mass is 9.86. The van der Waals surface area contributed by atoms with Gasteiger partial charge in [-0.1, -0.05) is 0 Å². The van der Waals surface area contributed by atoms with Gasteiger partial charge in [0.15, 0.2) is 5.78 Å². The Balaban J connectivity index is 2.08. The van der Waals surface area contributed by atoms with Gasteiger partial charge in [-0.2, -0.15) is 0 Å². The second-order valence-corrected chi connectivity index (χ2v) is 7.27. The van der Waals surface area contributed by atoms with Gasteiger partial charge in [-0.3, -0.25) is 4.79 Å². The number of hydrogen-bond acceptors (Lipinski definition) is 4. The molecule has 2 aliphatic rings. The summed E-state index contributed by atoms with van der Waals surface area (Å²) in [6, 6.07) is 1.88. The summed E-state index contributed by atoms with van der Waals surface area (Å²) in [4.78, 5) is 24.9. The summed E-state index contributed by atoms with van der Waals surface area (Å²) in [5.74, 6) is 0.662. The summed E-state index contributed by atoms with van der Waals surface area (Å²) in [5, 5.41) is 0.909. The molecule has 1 aromatic carbocycles. The molecule has 2 aromatic rings. The van der Waals surface area contributed by atoms with Crippen molar-refractivity contribution in [2.24, 2.45) is 0 Å². The van der Waals surface area contributed by atoms with Crippen LogP contribution in [0.5, 0.6) is 5.75 Å². The molecule has 2 heterocycles. The molecule has 0 N–H and O–H groups in total. The lowest BCUT2D eigenvalue weighted by Gasteiger charge is -2.33. The number of aryl methyl sites for hydroxylation is 2. The standard InChI is InChI=1S/C19H20O4/c1-10-16-13(11-6-4-5-7-12(11)18(21)22-16)8-14-15(20)9-19(2,3)23-17(10)14/h8H,4-7,9H2,1-3H3. The highest BCUT2D eigenvalue weighted by Crippen LogP contribution is 2.41. The van der Waals surface area contributed by atoms with Crippen molar-refractivity contribution >= 4 is 16.8 Å². The highest BCUT2D eigenvalue weighted by molar-refractivity contribution is 6.05. The molecule has 0 fully saturated rings. The maximum atomic E-state index is 12.6. The van der Waals surface area contributed by atoms with Crippen molar-refractivity contribution in [3.63, 3.8) is 0 Å². The van der Waals surface area contributed by atoms with Crippen molar-refractivity contribution in [3.8, 4) is 5.75 Å². The van der Waals surface area contributed by atoms with Gasteiger partial charge in [-0.15, -0.1) is 0 Å². The van der Waals surface area contributed by atoms with E-state index in [9.17, 15) is 9.59 Å². The number of hydrogen-bond donors (Lipinski definition) is 0. The fraction of sp³-hybridized carbons (Fsp3) is 0.474. The van der Waals surface area contributed by atoms with E-state index in [4.69, 9.17) is 9.15 Å². The number of ether oxygens (including phenoxy) is 1. The lowest BCUT2D eigenvalue weighted by molar-refractivity contribution is 0.0616. The van der Waals surface area contributed by atoms with Crippen LogP contribution >= 0.6 is 0 Å². The van der Waals surface area contributed by atoms with Crippen molar-refractivity contribution in [2.75, 3.05) is 0 Å². The fourth-order valence-corrected chi connectivity index (χ4v) is 3.85. The molecule has 4 rings (SSSR count). The van der Waals surface area contributed by atoms with Crippen LogP contribution in [-0.2, 0) is 12.8 Å². The number of carbonyl (C=O) groups excluding carboxylic acids is 1. The van der Waals surface area contributed by atoms with Crippen LogP contribution in [0.1, 0.15) is 60.2 Å². The maximum Gasteiger partial charge on any atom is 0.339 e. The minimum Gasteiger partial charge on any atom is -0.486 e. The zero-order valence-corrected chi connectivity index (χ0v) is 13.7. The normalized spacial score (nSPS) is 19.2. The van der Waals surface area contributed by atoms with E-state index in [-0.39, 0.29) is 11.4 Å². The summed E-state index contributed by atoms with van der Waals surface area (Å²) in [6.45, 7) is 5.68. The van der Waals surface area contributed by atoms with Gasteiger partial charge in [0.1, 0.15) is 16.9 Å². The molecule has 4 nitrogen and oxygen atoms in total. The molecule has 4 heteroatoms. The van der Waals surface area contributed by atoms with E-state index in [1.165, 1.54) is 0 Å². The molecule has 0 saturated carbocycles. The molecule has 0 spiro atoms. The maximum absolute atomic E-state index is 12.6. The summed E-state index contributed by atoms with van der Waals surface area (Å²) >= 11 is 0. The molecular formula is C19H20O4. The minimum atomic E-state index is -0.531. The zero-order valence-electron chi connectivity index (χ0n) is 13.7. The van der Waals surface area contributed by atoms with E-state index >= 15 is 0 Å². The summed E-state index contributed by atoms with van der Waals surface area (Å²) in [6.07, 6.45) is 4.09. The van der Waals surface area contributed by atoms with Crippen LogP contribution < -0.4 is 10.4 Å². The van der Waals surface area contributed by atoms with Crippen LogP contribution in [0.25, 0.3) is 11.0 Å². The van der Waals surface area contributed by atoms with Crippen LogP contribution in [0, 0.1) is 6.92 Å². The van der Waals surface area contributed by atoms with Gasteiger partial charge >= 0.3 is 5.63 Å². The zero-order chi connectivity index (χ0) is 16.4. The van der Waals surface area contributed by atoms with Crippen molar-refractivity contribution < 1.29 is 13.9 Å². The number of benzene rings is 1. The Morgan fingerprint density at radius 3 is 2.52 bits per heavy atom. The first-order valence-corrected chi connectivity index (χ1v) is 8.22. The minimum absolute atomic E-state index is 0.0945. The molecule has 0 amide bonds. The van der Waals surface area contributed by atoms with Crippen molar-refractivity contribution in [2.45, 2.75) is 58.5 Å². The first kappa shape index (κ1) is 14.5. The van der Waals surface area contributed by atoms with Crippen molar-refractivity contribution in [1.82, 2.24) is 0 Å². The molecule has 0 saturated heterocycles. The van der Waals surface area contributed by atoms with Crippen LogP contribution in [-0.4, -0.2) is 11.4 Å². The van der Waals surface area contributed by atoms with Crippen LogP contribution in [0.15, 0.2) is 15.3 Å². The summed E-state index contributed by atoms with van der Waals surface area (Å²) < 4.78 is 11.6. The Labute approximate surface area is 134 Å². The fourth-order valence-electron chi connectivity index (χ4n) is 3.85. The first-order valence-electron chi connectivity index (χ1n) is 8.22. The molecule has 0 radical (unpaired) electrons. The Kier molecular flexibility index (Phi) is 2.96. The number of carbonyl (C=O) groups is 1. The average Bonchev–Trinajstić information content (AvgIpc) is 2.49.